The van der Waals surface area contributed by atoms with Crippen molar-refractivity contribution in [3.8, 4) is 0 Å². The van der Waals surface area contributed by atoms with Gasteiger partial charge in [0.2, 0.25) is 0 Å². The van der Waals surface area contributed by atoms with Crippen LogP contribution in [0.2, 0.25) is 0 Å². The predicted molar refractivity (Wildman–Crippen MR) is 310 cm³/mol. The first-order valence-corrected chi connectivity index (χ1v) is 26.1. The van der Waals surface area contributed by atoms with Gasteiger partial charge in [-0.2, -0.15) is 0 Å². The third-order valence-corrected chi connectivity index (χ3v) is 17.7. The summed E-state index contributed by atoms with van der Waals surface area (Å²) in [5, 5.41) is 56.5. The first-order valence-electron chi connectivity index (χ1n) is 26.1. The third kappa shape index (κ3) is 5.39. The van der Waals surface area contributed by atoms with Crippen LogP contribution in [0.1, 0.15) is 36.1 Å². The quantitative estimate of drug-likeness (QED) is 0.163. The molecule has 0 amide bonds. The minimum Gasteiger partial charge on any atom is -0.377 e. The molecule has 0 aromatic heterocycles. The van der Waals surface area contributed by atoms with Gasteiger partial charge in [0.15, 0.2) is 5.79 Å². The lowest BCUT2D eigenvalue weighted by atomic mass is 9.68. The summed E-state index contributed by atoms with van der Waals surface area (Å²) in [7, 11) is 0. The zero-order valence-corrected chi connectivity index (χ0v) is 41.2. The molecule has 2 N–H and O–H groups in total. The van der Waals surface area contributed by atoms with E-state index in [0.29, 0.717) is 22.3 Å². The molecular formula is C71H46O4. The molecule has 0 bridgehead atoms. The summed E-state index contributed by atoms with van der Waals surface area (Å²) in [6.07, 6.45) is -2.43. The second-order valence-electron chi connectivity index (χ2n) is 21.9. The summed E-state index contributed by atoms with van der Waals surface area (Å²) in [5.74, 6) is -1.29. The Balaban J connectivity index is 1.03. The minimum atomic E-state index is -1.97. The molecule has 2 atom stereocenters. The van der Waals surface area contributed by atoms with E-state index in [-0.39, 0.29) is 0 Å². The normalized spacial score (nSPS) is 16.8. The Kier molecular flexibility index (Phi) is 8.06. The molecule has 1 unspecified atom stereocenters. The van der Waals surface area contributed by atoms with Crippen molar-refractivity contribution < 1.29 is 19.7 Å². The fraction of sp³-hybridized carbons (Fsp3) is 0.0986. The van der Waals surface area contributed by atoms with Crippen LogP contribution in [0.15, 0.2) is 218 Å². The number of aliphatic hydroxyl groups is 2. The third-order valence-electron chi connectivity index (χ3n) is 17.7. The molecule has 354 valence electrons. The fourth-order valence-corrected chi connectivity index (χ4v) is 14.5. The van der Waals surface area contributed by atoms with Gasteiger partial charge in [-0.15, -0.1) is 0 Å². The van der Waals surface area contributed by atoms with E-state index in [0.717, 1.165) is 129 Å². The van der Waals surface area contributed by atoms with Crippen LogP contribution >= 0.6 is 0 Å². The molecular weight excluding hydrogens is 917 g/mol. The summed E-state index contributed by atoms with van der Waals surface area (Å²) in [6, 6.07) is 77.6. The van der Waals surface area contributed by atoms with Crippen LogP contribution in [0.4, 0.5) is 0 Å². The van der Waals surface area contributed by atoms with Crippen molar-refractivity contribution in [1.82, 2.24) is 0 Å². The van der Waals surface area contributed by atoms with Crippen molar-refractivity contribution in [3.05, 3.63) is 241 Å². The lowest BCUT2D eigenvalue weighted by Gasteiger charge is -2.44. The van der Waals surface area contributed by atoms with Crippen molar-refractivity contribution in [2.45, 2.75) is 43.0 Å². The summed E-state index contributed by atoms with van der Waals surface area (Å²) in [5.41, 5.74) is -1.24. The molecule has 4 heteroatoms. The number of hydrogen-bond donors (Lipinski definition) is 2. The topological polar surface area (TPSA) is 58.9 Å². The molecule has 0 spiro atoms. The summed E-state index contributed by atoms with van der Waals surface area (Å²) >= 11 is 0. The Bertz CT molecular complexity index is 4370. The van der Waals surface area contributed by atoms with E-state index in [1.807, 2.05) is 13.8 Å². The first-order chi connectivity index (χ1) is 36.7. The Morgan fingerprint density at radius 2 is 0.453 bits per heavy atom. The van der Waals surface area contributed by atoms with Gasteiger partial charge in [0.1, 0.15) is 23.4 Å². The van der Waals surface area contributed by atoms with Gasteiger partial charge in [-0.1, -0.05) is 218 Å². The van der Waals surface area contributed by atoms with E-state index >= 15 is 10.2 Å². The SMILES string of the molecule is CC1(C)OC(C(O)(c2ccc3ccc4cccc5ccc2c3c45)c2ccc3ccc4cccc5ccc2c3c45)[C@H](C(O)(c2ccc3ccc4cccc5ccc2c3c45)c2ccc3ccc4cccc5ccc2c3c45)O1. The number of rotatable bonds is 6. The Morgan fingerprint density at radius 1 is 0.267 bits per heavy atom. The molecule has 1 aliphatic rings. The fourth-order valence-electron chi connectivity index (χ4n) is 14.5. The zero-order chi connectivity index (χ0) is 49.7. The Labute approximate surface area is 430 Å². The maximum absolute atomic E-state index is 15.3. The number of hydrogen-bond acceptors (Lipinski definition) is 4. The summed E-state index contributed by atoms with van der Waals surface area (Å²) < 4.78 is 15.0. The molecule has 0 aliphatic carbocycles. The van der Waals surface area contributed by atoms with Crippen LogP contribution < -0.4 is 0 Å². The lowest BCUT2D eigenvalue weighted by molar-refractivity contribution is -0.172. The Morgan fingerprint density at radius 3 is 0.680 bits per heavy atom. The van der Waals surface area contributed by atoms with Gasteiger partial charge in [0, 0.05) is 0 Å². The summed E-state index contributed by atoms with van der Waals surface area (Å²) in [6.45, 7) is 3.84. The van der Waals surface area contributed by atoms with Crippen LogP contribution in [0, 0.1) is 0 Å². The van der Waals surface area contributed by atoms with E-state index in [1.54, 1.807) is 0 Å². The highest BCUT2D eigenvalue weighted by Gasteiger charge is 2.62. The summed E-state index contributed by atoms with van der Waals surface area (Å²) in [4.78, 5) is 0. The van der Waals surface area contributed by atoms with Crippen LogP contribution in [0.3, 0.4) is 0 Å². The van der Waals surface area contributed by atoms with E-state index in [4.69, 9.17) is 9.47 Å². The largest absolute Gasteiger partial charge is 0.377 e. The highest BCUT2D eigenvalue weighted by atomic mass is 16.8. The van der Waals surface area contributed by atoms with Crippen LogP contribution in [0.5, 0.6) is 0 Å². The lowest BCUT2D eigenvalue weighted by Crippen LogP contribution is -2.55. The van der Waals surface area contributed by atoms with Crippen molar-refractivity contribution in [2.24, 2.45) is 0 Å². The molecule has 0 saturated carbocycles. The molecule has 1 saturated heterocycles. The van der Waals surface area contributed by atoms with Crippen LogP contribution in [0.25, 0.3) is 129 Å². The highest BCUT2D eigenvalue weighted by Crippen LogP contribution is 2.56. The van der Waals surface area contributed by atoms with E-state index in [9.17, 15) is 0 Å². The first kappa shape index (κ1) is 41.9. The second kappa shape index (κ2) is 14.4. The molecule has 1 heterocycles. The van der Waals surface area contributed by atoms with E-state index in [2.05, 4.69) is 218 Å². The average molecular weight is 963 g/mol. The highest BCUT2D eigenvalue weighted by molar-refractivity contribution is 6.27. The number of ether oxygens (including phenoxy) is 2. The van der Waals surface area contributed by atoms with Crippen LogP contribution in [-0.2, 0) is 20.7 Å². The van der Waals surface area contributed by atoms with Gasteiger partial charge < -0.3 is 19.7 Å². The minimum absolute atomic E-state index is 0.674. The van der Waals surface area contributed by atoms with Gasteiger partial charge in [-0.05, 0) is 165 Å². The molecule has 1 fully saturated rings. The molecule has 75 heavy (non-hydrogen) atoms. The van der Waals surface area contributed by atoms with Gasteiger partial charge in [0.05, 0.1) is 0 Å². The smallest absolute Gasteiger partial charge is 0.164 e. The molecule has 4 nitrogen and oxygen atoms in total. The Hall–Kier alpha value is -8.48. The monoisotopic (exact) mass is 962 g/mol. The predicted octanol–water partition coefficient (Wildman–Crippen LogP) is 17.0. The van der Waals surface area contributed by atoms with Crippen molar-refractivity contribution in [2.75, 3.05) is 0 Å². The molecule has 16 aromatic carbocycles. The maximum atomic E-state index is 15.3. The molecule has 1 aliphatic heterocycles. The van der Waals surface area contributed by atoms with E-state index < -0.39 is 29.2 Å². The molecule has 17 rings (SSSR count). The van der Waals surface area contributed by atoms with Crippen molar-refractivity contribution >= 4 is 129 Å². The van der Waals surface area contributed by atoms with Crippen molar-refractivity contribution in [1.29, 1.82) is 0 Å². The van der Waals surface area contributed by atoms with Gasteiger partial charge in [0.25, 0.3) is 0 Å². The van der Waals surface area contributed by atoms with Gasteiger partial charge in [-0.25, -0.2) is 0 Å². The van der Waals surface area contributed by atoms with Gasteiger partial charge in [-0.3, -0.25) is 0 Å². The standard InChI is InChI=1S/C71H46O4/c1-69(2)74-67(70(72,55-35-27-47-19-15-39-7-3-11-43-23-31-51(55)63(47)59(39)43)56-36-28-48-20-16-40-8-4-12-44-24-32-52(56)64(48)60(40)44)68(75-69)71(73,57-37-29-49-21-17-41-9-5-13-45-25-33-53(57)65(49)61(41)45)58-38-30-50-22-18-42-10-6-14-46-26-34-54(58)66(50)62(42)46/h3-38,67-68,72-73H,1-2H3/t67-,68?/m1/s1. The van der Waals surface area contributed by atoms with E-state index in [1.165, 1.54) is 0 Å². The second-order valence-corrected chi connectivity index (χ2v) is 21.9. The van der Waals surface area contributed by atoms with Gasteiger partial charge >= 0.3 is 0 Å². The number of benzene rings is 16. The maximum Gasteiger partial charge on any atom is 0.164 e. The molecule has 0 radical (unpaired) electrons. The molecule has 16 aromatic rings. The van der Waals surface area contributed by atoms with Crippen LogP contribution in [-0.4, -0.2) is 28.2 Å². The van der Waals surface area contributed by atoms with Crippen molar-refractivity contribution in [3.63, 3.8) is 0 Å². The zero-order valence-electron chi connectivity index (χ0n) is 41.2. The average Bonchev–Trinajstić information content (AvgIpc) is 3.91.